The van der Waals surface area contributed by atoms with E-state index in [-0.39, 0.29) is 37.0 Å². The first kappa shape index (κ1) is 22.4. The molecule has 27 heavy (non-hydrogen) atoms. The molecule has 5 N–H and O–H groups in total. The van der Waals surface area contributed by atoms with Crippen LogP contribution in [0.4, 0.5) is 13.2 Å². The van der Waals surface area contributed by atoms with Crippen LogP contribution in [0.1, 0.15) is 51.9 Å². The maximum Gasteiger partial charge on any atom is 0.389 e. The Morgan fingerprint density at radius 2 is 1.85 bits per heavy atom. The van der Waals surface area contributed by atoms with Gasteiger partial charge in [-0.1, -0.05) is 24.3 Å². The first-order chi connectivity index (χ1) is 12.6. The lowest BCUT2D eigenvalue weighted by Gasteiger charge is -2.38. The van der Waals surface area contributed by atoms with Crippen LogP contribution in [0.2, 0.25) is 0 Å². The summed E-state index contributed by atoms with van der Waals surface area (Å²) in [7, 11) is 0. The summed E-state index contributed by atoms with van der Waals surface area (Å²) >= 11 is 0. The van der Waals surface area contributed by atoms with Crippen molar-refractivity contribution in [2.45, 2.75) is 81.8 Å². The molecule has 0 saturated carbocycles. The molecule has 0 spiro atoms. The highest BCUT2D eigenvalue weighted by atomic mass is 19.4. The number of alkyl halides is 3. The van der Waals surface area contributed by atoms with E-state index in [1.807, 2.05) is 31.2 Å². The van der Waals surface area contributed by atoms with E-state index in [9.17, 15) is 18.3 Å². The summed E-state index contributed by atoms with van der Waals surface area (Å²) in [6.07, 6.45) is 5.98. The topological polar surface area (TPSA) is 81.5 Å². The maximum absolute atomic E-state index is 12.1. The van der Waals surface area contributed by atoms with Crippen LogP contribution in [0.3, 0.4) is 0 Å². The molecule has 6 atom stereocenters. The predicted molar refractivity (Wildman–Crippen MR) is 99.9 cm³/mol. The Bertz CT molecular complexity index is 520. The van der Waals surface area contributed by atoms with Gasteiger partial charge in [0.05, 0.1) is 12.2 Å². The van der Waals surface area contributed by atoms with E-state index < -0.39 is 24.2 Å². The average molecular weight is 390 g/mol. The quantitative estimate of drug-likeness (QED) is 0.438. The molecule has 2 aliphatic rings. The molecule has 0 aromatic carbocycles. The van der Waals surface area contributed by atoms with Crippen LogP contribution in [0.25, 0.3) is 0 Å². The number of aliphatic hydroxyl groups excluding tert-OH is 1. The number of rotatable bonds is 8. The largest absolute Gasteiger partial charge is 0.392 e. The van der Waals surface area contributed by atoms with Gasteiger partial charge in [-0.25, -0.2) is 0 Å². The summed E-state index contributed by atoms with van der Waals surface area (Å²) in [5, 5.41) is 10.6. The maximum atomic E-state index is 12.1. The summed E-state index contributed by atoms with van der Waals surface area (Å²) < 4.78 is 42.0. The summed E-state index contributed by atoms with van der Waals surface area (Å²) in [5.41, 5.74) is 11.8. The Morgan fingerprint density at radius 1 is 1.11 bits per heavy atom. The third-order valence-corrected chi connectivity index (χ3v) is 5.69. The van der Waals surface area contributed by atoms with Crippen LogP contribution in [-0.4, -0.2) is 41.7 Å². The number of hydrogen-bond acceptors (Lipinski definition) is 4. The van der Waals surface area contributed by atoms with E-state index in [4.69, 9.17) is 16.2 Å². The van der Waals surface area contributed by atoms with Crippen LogP contribution < -0.4 is 11.5 Å². The highest BCUT2D eigenvalue weighted by Crippen LogP contribution is 2.33. The van der Waals surface area contributed by atoms with Crippen molar-refractivity contribution in [2.24, 2.45) is 23.3 Å². The van der Waals surface area contributed by atoms with E-state index in [1.54, 1.807) is 0 Å². The lowest BCUT2D eigenvalue weighted by Crippen LogP contribution is -2.48. The lowest BCUT2D eigenvalue weighted by atomic mass is 9.74. The van der Waals surface area contributed by atoms with E-state index in [0.29, 0.717) is 6.42 Å². The Kier molecular flexibility index (Phi) is 7.92. The molecule has 5 unspecified atom stereocenters. The second kappa shape index (κ2) is 9.54. The van der Waals surface area contributed by atoms with Gasteiger partial charge >= 0.3 is 6.18 Å². The van der Waals surface area contributed by atoms with E-state index in [2.05, 4.69) is 0 Å². The molecule has 2 aliphatic carbocycles. The van der Waals surface area contributed by atoms with Crippen LogP contribution in [0, 0.1) is 11.8 Å². The fraction of sp³-hybridized carbons (Fsp3) is 0.800. The van der Waals surface area contributed by atoms with Gasteiger partial charge in [0.25, 0.3) is 0 Å². The van der Waals surface area contributed by atoms with Crippen molar-refractivity contribution in [1.29, 1.82) is 0 Å². The number of ether oxygens (including phenoxy) is 1. The zero-order chi connectivity index (χ0) is 20.1. The molecule has 0 aromatic rings. The minimum Gasteiger partial charge on any atom is -0.392 e. The fourth-order valence-electron chi connectivity index (χ4n) is 3.93. The first-order valence-corrected chi connectivity index (χ1v) is 9.84. The van der Waals surface area contributed by atoms with Gasteiger partial charge in [0.2, 0.25) is 0 Å². The molecule has 0 aliphatic heterocycles. The second-order valence-corrected chi connectivity index (χ2v) is 8.26. The van der Waals surface area contributed by atoms with E-state index in [1.165, 1.54) is 0 Å². The number of aliphatic hydroxyl groups is 1. The Labute approximate surface area is 159 Å². The molecular formula is C20H33F3N2O2. The monoisotopic (exact) mass is 390 g/mol. The number of hydrogen-bond donors (Lipinski definition) is 3. The van der Waals surface area contributed by atoms with Crippen LogP contribution in [-0.2, 0) is 4.74 Å². The summed E-state index contributed by atoms with van der Waals surface area (Å²) in [6, 6.07) is 0.0760. The van der Waals surface area contributed by atoms with Crippen molar-refractivity contribution in [3.05, 3.63) is 24.3 Å². The van der Waals surface area contributed by atoms with Crippen molar-refractivity contribution in [3.63, 3.8) is 0 Å². The van der Waals surface area contributed by atoms with E-state index in [0.717, 1.165) is 25.7 Å². The van der Waals surface area contributed by atoms with Gasteiger partial charge in [0, 0.05) is 30.5 Å². The highest BCUT2D eigenvalue weighted by molar-refractivity contribution is 5.09. The Morgan fingerprint density at radius 3 is 2.41 bits per heavy atom. The van der Waals surface area contributed by atoms with Gasteiger partial charge < -0.3 is 21.3 Å². The summed E-state index contributed by atoms with van der Waals surface area (Å²) in [5.74, 6) is 0.196. The highest BCUT2D eigenvalue weighted by Gasteiger charge is 2.35. The predicted octanol–water partition coefficient (Wildman–Crippen LogP) is 3.44. The third kappa shape index (κ3) is 7.56. The number of nitrogens with two attached hydrogens (primary N) is 2. The average Bonchev–Trinajstić information content (AvgIpc) is 2.58. The van der Waals surface area contributed by atoms with Gasteiger partial charge in [-0.05, 0) is 51.4 Å². The van der Waals surface area contributed by atoms with Gasteiger partial charge in [-0.3, -0.25) is 0 Å². The van der Waals surface area contributed by atoms with Gasteiger partial charge in [0.15, 0.2) is 0 Å². The molecule has 0 radical (unpaired) electrons. The van der Waals surface area contributed by atoms with Gasteiger partial charge in [0.1, 0.15) is 0 Å². The molecule has 0 aromatic heterocycles. The van der Waals surface area contributed by atoms with Crippen LogP contribution in [0.15, 0.2) is 24.3 Å². The smallest absolute Gasteiger partial charge is 0.389 e. The normalized spacial score (nSPS) is 32.3. The standard InChI is InChI=1S/C20H33F3N2O2/c1-19(25,13-18(26)14-3-7-16(24)8-4-14)15-5-9-17(10-6-15)27-12-2-11-20(21,22)23/h3,5,7,9,14-18,26H,2,4,6,8,10-13,24-25H2,1H3/t14?,15?,16?,17?,18?,19-/m0/s1. The summed E-state index contributed by atoms with van der Waals surface area (Å²) in [6.45, 7) is 2.06. The molecule has 0 heterocycles. The van der Waals surface area contributed by atoms with Crippen molar-refractivity contribution in [1.82, 2.24) is 0 Å². The zero-order valence-corrected chi connectivity index (χ0v) is 16.0. The minimum atomic E-state index is -4.13. The summed E-state index contributed by atoms with van der Waals surface area (Å²) in [4.78, 5) is 0. The van der Waals surface area contributed by atoms with Crippen molar-refractivity contribution < 1.29 is 23.0 Å². The molecule has 4 nitrogen and oxygen atoms in total. The van der Waals surface area contributed by atoms with Gasteiger partial charge in [-0.15, -0.1) is 0 Å². The Hall–Kier alpha value is -0.890. The fourth-order valence-corrected chi connectivity index (χ4v) is 3.93. The Balaban J connectivity index is 1.77. The second-order valence-electron chi connectivity index (χ2n) is 8.26. The van der Waals surface area contributed by atoms with Crippen molar-refractivity contribution in [2.75, 3.05) is 6.61 Å². The SMILES string of the molecule is C[C@](N)(CC(O)C1C=CC(N)CC1)C1C=CC(OCCCC(F)(F)F)CC1. The molecule has 0 fully saturated rings. The van der Waals surface area contributed by atoms with Crippen molar-refractivity contribution >= 4 is 0 Å². The molecule has 156 valence electrons. The van der Waals surface area contributed by atoms with Crippen LogP contribution in [0.5, 0.6) is 0 Å². The first-order valence-electron chi connectivity index (χ1n) is 9.84. The lowest BCUT2D eigenvalue weighted by molar-refractivity contribution is -0.138. The molecule has 2 rings (SSSR count). The van der Waals surface area contributed by atoms with E-state index >= 15 is 0 Å². The van der Waals surface area contributed by atoms with Crippen LogP contribution >= 0.6 is 0 Å². The molecule has 0 amide bonds. The van der Waals surface area contributed by atoms with Crippen molar-refractivity contribution in [3.8, 4) is 0 Å². The molecule has 0 bridgehead atoms. The minimum absolute atomic E-state index is 0.0172. The molecule has 7 heteroatoms. The zero-order valence-electron chi connectivity index (χ0n) is 16.0. The third-order valence-electron chi connectivity index (χ3n) is 5.69. The number of halogens is 3. The molecular weight excluding hydrogens is 357 g/mol. The molecule has 0 saturated heterocycles. The van der Waals surface area contributed by atoms with Gasteiger partial charge in [-0.2, -0.15) is 13.2 Å².